The number of thiophene rings is 1. The van der Waals surface area contributed by atoms with Crippen LogP contribution >= 0.6 is 11.3 Å². The lowest BCUT2D eigenvalue weighted by Gasteiger charge is -2.31. The van der Waals surface area contributed by atoms with Crippen LogP contribution in [0, 0.1) is 0 Å². The van der Waals surface area contributed by atoms with Crippen molar-refractivity contribution < 1.29 is 4.79 Å². The summed E-state index contributed by atoms with van der Waals surface area (Å²) in [7, 11) is 0. The molecule has 0 radical (unpaired) electrons. The lowest BCUT2D eigenvalue weighted by Crippen LogP contribution is -2.37. The number of aromatic nitrogens is 4. The fourth-order valence-electron chi connectivity index (χ4n) is 4.31. The monoisotopic (exact) mass is 431 g/mol. The van der Waals surface area contributed by atoms with E-state index in [0.717, 1.165) is 58.8 Å². The molecule has 0 bridgehead atoms. The van der Waals surface area contributed by atoms with Crippen molar-refractivity contribution in [2.24, 2.45) is 0 Å². The highest BCUT2D eigenvalue weighted by atomic mass is 32.1. The second kappa shape index (κ2) is 8.23. The Kier molecular flexibility index (Phi) is 5.28. The molecule has 0 aliphatic carbocycles. The number of pyridine rings is 2. The summed E-state index contributed by atoms with van der Waals surface area (Å²) < 4.78 is 2.20. The van der Waals surface area contributed by atoms with Gasteiger partial charge in [0.15, 0.2) is 0 Å². The highest BCUT2D eigenvalue weighted by Gasteiger charge is 2.27. The minimum atomic E-state index is 0.144. The van der Waals surface area contributed by atoms with E-state index < -0.39 is 0 Å². The van der Waals surface area contributed by atoms with Crippen LogP contribution in [0.25, 0.3) is 22.3 Å². The molecule has 4 aromatic rings. The number of carbonyl (C=O) groups excluding carboxylic acids is 1. The third-order valence-electron chi connectivity index (χ3n) is 6.01. The van der Waals surface area contributed by atoms with Gasteiger partial charge in [-0.2, -0.15) is 0 Å². The number of hydrogen-bond donors (Lipinski definition) is 0. The van der Waals surface area contributed by atoms with Gasteiger partial charge in [-0.1, -0.05) is 6.07 Å². The van der Waals surface area contributed by atoms with E-state index in [2.05, 4.69) is 34.4 Å². The van der Waals surface area contributed by atoms with Crippen LogP contribution in [0.2, 0.25) is 0 Å². The second-order valence-corrected chi connectivity index (χ2v) is 9.24. The zero-order chi connectivity index (χ0) is 21.4. The third kappa shape index (κ3) is 3.74. The SMILES string of the molecule is CC(C)n1cnc2c(-c3cccnc3)nc(C3CCN(C(=O)c4cccs4)CC3)cc21. The fraction of sp³-hybridized carbons (Fsp3) is 0.333. The summed E-state index contributed by atoms with van der Waals surface area (Å²) in [5, 5.41) is 1.96. The molecule has 0 saturated carbocycles. The summed E-state index contributed by atoms with van der Waals surface area (Å²) in [4.78, 5) is 29.5. The van der Waals surface area contributed by atoms with Crippen LogP contribution < -0.4 is 0 Å². The molecular weight excluding hydrogens is 406 g/mol. The Labute approximate surface area is 185 Å². The molecule has 1 aliphatic heterocycles. The van der Waals surface area contributed by atoms with Gasteiger partial charge in [0.1, 0.15) is 5.52 Å². The molecule has 158 valence electrons. The van der Waals surface area contributed by atoms with Gasteiger partial charge in [0.05, 0.1) is 22.4 Å². The average Bonchev–Trinajstić information content (AvgIpc) is 3.49. The van der Waals surface area contributed by atoms with Gasteiger partial charge in [-0.25, -0.2) is 4.98 Å². The van der Waals surface area contributed by atoms with Gasteiger partial charge in [-0.3, -0.25) is 14.8 Å². The molecule has 5 heterocycles. The first-order chi connectivity index (χ1) is 15.1. The van der Waals surface area contributed by atoms with E-state index in [9.17, 15) is 4.79 Å². The molecule has 0 N–H and O–H groups in total. The molecule has 6 nitrogen and oxygen atoms in total. The Morgan fingerprint density at radius 2 is 2.03 bits per heavy atom. The van der Waals surface area contributed by atoms with Crippen molar-refractivity contribution in [1.82, 2.24) is 24.4 Å². The van der Waals surface area contributed by atoms with E-state index in [1.165, 1.54) is 11.3 Å². The molecule has 0 aromatic carbocycles. The van der Waals surface area contributed by atoms with Crippen molar-refractivity contribution in [1.29, 1.82) is 0 Å². The van der Waals surface area contributed by atoms with Crippen LogP contribution in [0.1, 0.15) is 54.0 Å². The van der Waals surface area contributed by atoms with Crippen molar-refractivity contribution in [3.05, 3.63) is 65.0 Å². The number of imidazole rings is 1. The normalized spacial score (nSPS) is 15.1. The zero-order valence-corrected chi connectivity index (χ0v) is 18.5. The van der Waals surface area contributed by atoms with Crippen molar-refractivity contribution >= 4 is 28.3 Å². The highest BCUT2D eigenvalue weighted by molar-refractivity contribution is 7.12. The molecular formula is C24H25N5OS. The Hall–Kier alpha value is -3.06. The lowest BCUT2D eigenvalue weighted by molar-refractivity contribution is 0.0717. The van der Waals surface area contributed by atoms with Crippen molar-refractivity contribution in [3.63, 3.8) is 0 Å². The van der Waals surface area contributed by atoms with E-state index in [4.69, 9.17) is 4.98 Å². The Balaban J connectivity index is 1.47. The molecule has 1 amide bonds. The zero-order valence-electron chi connectivity index (χ0n) is 17.7. The molecule has 0 unspecified atom stereocenters. The van der Waals surface area contributed by atoms with Gasteiger partial charge in [-0.15, -0.1) is 11.3 Å². The number of fused-ring (bicyclic) bond motifs is 1. The standard InChI is InChI=1S/C24H25N5OS/c1-16(2)29-15-26-23-20(29)13-19(27-22(23)18-5-3-9-25-14-18)17-7-10-28(11-8-17)24(30)21-6-4-12-31-21/h3-6,9,12-17H,7-8,10-11H2,1-2H3. The largest absolute Gasteiger partial charge is 0.338 e. The minimum Gasteiger partial charge on any atom is -0.338 e. The van der Waals surface area contributed by atoms with Crippen LogP contribution in [0.5, 0.6) is 0 Å². The summed E-state index contributed by atoms with van der Waals surface area (Å²) >= 11 is 1.51. The predicted octanol–water partition coefficient (Wildman–Crippen LogP) is 5.16. The molecule has 31 heavy (non-hydrogen) atoms. The van der Waals surface area contributed by atoms with E-state index in [1.807, 2.05) is 47.1 Å². The van der Waals surface area contributed by atoms with Gasteiger partial charge < -0.3 is 9.47 Å². The molecule has 1 fully saturated rings. The average molecular weight is 432 g/mol. The topological polar surface area (TPSA) is 63.9 Å². The van der Waals surface area contributed by atoms with Crippen molar-refractivity contribution in [2.75, 3.05) is 13.1 Å². The summed E-state index contributed by atoms with van der Waals surface area (Å²) in [5.74, 6) is 0.466. The van der Waals surface area contributed by atoms with E-state index >= 15 is 0 Å². The number of nitrogens with zero attached hydrogens (tertiary/aromatic N) is 5. The van der Waals surface area contributed by atoms with Crippen LogP contribution in [0.4, 0.5) is 0 Å². The maximum absolute atomic E-state index is 12.7. The van der Waals surface area contributed by atoms with Crippen LogP contribution in [0.15, 0.2) is 54.4 Å². The first-order valence-electron chi connectivity index (χ1n) is 10.7. The summed E-state index contributed by atoms with van der Waals surface area (Å²) in [6.07, 6.45) is 7.36. The Morgan fingerprint density at radius 3 is 2.71 bits per heavy atom. The minimum absolute atomic E-state index is 0.144. The van der Waals surface area contributed by atoms with Gasteiger partial charge in [-0.05, 0) is 56.3 Å². The van der Waals surface area contributed by atoms with Gasteiger partial charge in [0.2, 0.25) is 0 Å². The van der Waals surface area contributed by atoms with Crippen LogP contribution in [-0.2, 0) is 0 Å². The quantitative estimate of drug-likeness (QED) is 0.448. The number of carbonyl (C=O) groups is 1. The molecule has 0 spiro atoms. The second-order valence-electron chi connectivity index (χ2n) is 8.29. The number of piperidine rings is 1. The number of amides is 1. The van der Waals surface area contributed by atoms with Crippen molar-refractivity contribution in [2.45, 2.75) is 38.6 Å². The molecule has 0 atom stereocenters. The first kappa shape index (κ1) is 19.9. The summed E-state index contributed by atoms with van der Waals surface area (Å²) in [6, 6.07) is 10.3. The fourth-order valence-corrected chi connectivity index (χ4v) is 5.00. The molecule has 4 aromatic heterocycles. The number of rotatable bonds is 4. The summed E-state index contributed by atoms with van der Waals surface area (Å²) in [5.41, 5.74) is 4.97. The lowest BCUT2D eigenvalue weighted by atomic mass is 9.92. The predicted molar refractivity (Wildman–Crippen MR) is 123 cm³/mol. The molecule has 1 saturated heterocycles. The van der Waals surface area contributed by atoms with E-state index in [0.29, 0.717) is 12.0 Å². The Morgan fingerprint density at radius 1 is 1.19 bits per heavy atom. The molecule has 1 aliphatic rings. The van der Waals surface area contributed by atoms with Gasteiger partial charge in [0, 0.05) is 48.7 Å². The number of hydrogen-bond acceptors (Lipinski definition) is 5. The smallest absolute Gasteiger partial charge is 0.263 e. The Bertz CT molecular complexity index is 1190. The molecule has 5 rings (SSSR count). The van der Waals surface area contributed by atoms with Crippen molar-refractivity contribution in [3.8, 4) is 11.3 Å². The van der Waals surface area contributed by atoms with E-state index in [-0.39, 0.29) is 5.91 Å². The van der Waals surface area contributed by atoms with Crippen LogP contribution in [0.3, 0.4) is 0 Å². The van der Waals surface area contributed by atoms with E-state index in [1.54, 1.807) is 6.20 Å². The maximum atomic E-state index is 12.7. The number of likely N-dealkylation sites (tertiary alicyclic amines) is 1. The maximum Gasteiger partial charge on any atom is 0.263 e. The third-order valence-corrected chi connectivity index (χ3v) is 6.86. The van der Waals surface area contributed by atoms with Gasteiger partial charge >= 0.3 is 0 Å². The highest BCUT2D eigenvalue weighted by Crippen LogP contribution is 2.34. The summed E-state index contributed by atoms with van der Waals surface area (Å²) in [6.45, 7) is 5.85. The molecule has 7 heteroatoms. The van der Waals surface area contributed by atoms with Crippen LogP contribution in [-0.4, -0.2) is 43.4 Å². The van der Waals surface area contributed by atoms with Gasteiger partial charge in [0.25, 0.3) is 5.91 Å². The first-order valence-corrected chi connectivity index (χ1v) is 11.6.